The third-order valence-corrected chi connectivity index (χ3v) is 2.31. The average molecular weight is 199 g/mol. The molecule has 1 radical (unpaired) electrons. The molecule has 0 fully saturated rings. The molecule has 75 valence electrons. The Labute approximate surface area is 89.4 Å². The lowest BCUT2D eigenvalue weighted by Gasteiger charge is -2.02. The molecular formula is C14H12F. The summed E-state index contributed by atoms with van der Waals surface area (Å²) < 4.78 is 12.7. The number of halogens is 1. The van der Waals surface area contributed by atoms with Gasteiger partial charge in [0.1, 0.15) is 5.82 Å². The smallest absolute Gasteiger partial charge is 0.123 e. The zero-order valence-corrected chi connectivity index (χ0v) is 8.41. The molecule has 0 aliphatic carbocycles. The van der Waals surface area contributed by atoms with E-state index in [0.717, 1.165) is 17.5 Å². The zero-order chi connectivity index (χ0) is 10.7. The van der Waals surface area contributed by atoms with E-state index in [2.05, 4.69) is 13.0 Å². The Bertz CT molecular complexity index is 443. The summed E-state index contributed by atoms with van der Waals surface area (Å²) >= 11 is 0. The minimum atomic E-state index is -0.190. The summed E-state index contributed by atoms with van der Waals surface area (Å²) in [5.41, 5.74) is 3.32. The van der Waals surface area contributed by atoms with Crippen molar-refractivity contribution in [3.8, 4) is 0 Å². The van der Waals surface area contributed by atoms with Crippen LogP contribution in [0.2, 0.25) is 0 Å². The van der Waals surface area contributed by atoms with E-state index in [4.69, 9.17) is 0 Å². The monoisotopic (exact) mass is 199 g/mol. The molecule has 0 aliphatic heterocycles. The summed E-state index contributed by atoms with van der Waals surface area (Å²) in [6.07, 6.45) is 0.823. The lowest BCUT2D eigenvalue weighted by molar-refractivity contribution is 0.627. The minimum absolute atomic E-state index is 0.190. The first-order valence-corrected chi connectivity index (χ1v) is 4.89. The van der Waals surface area contributed by atoms with Crippen molar-refractivity contribution in [2.24, 2.45) is 0 Å². The molecule has 0 aromatic heterocycles. The van der Waals surface area contributed by atoms with Crippen LogP contribution in [0.15, 0.2) is 48.5 Å². The molecule has 0 amide bonds. The molecule has 2 rings (SSSR count). The molecule has 0 N–H and O–H groups in total. The molecule has 0 aliphatic rings. The molecule has 2 aromatic carbocycles. The quantitative estimate of drug-likeness (QED) is 0.693. The van der Waals surface area contributed by atoms with Gasteiger partial charge in [-0.15, -0.1) is 0 Å². The Balaban J connectivity index is 2.18. The third-order valence-electron chi connectivity index (χ3n) is 2.31. The Hall–Kier alpha value is -1.63. The summed E-state index contributed by atoms with van der Waals surface area (Å²) in [4.78, 5) is 0. The van der Waals surface area contributed by atoms with Gasteiger partial charge < -0.3 is 0 Å². The fourth-order valence-electron chi connectivity index (χ4n) is 1.58. The fraction of sp³-hybridized carbons (Fsp3) is 0.0714. The minimum Gasteiger partial charge on any atom is -0.207 e. The maximum atomic E-state index is 12.7. The van der Waals surface area contributed by atoms with Crippen molar-refractivity contribution >= 4 is 0 Å². The molecule has 0 atom stereocenters. The largest absolute Gasteiger partial charge is 0.207 e. The highest BCUT2D eigenvalue weighted by Gasteiger charge is 1.97. The van der Waals surface area contributed by atoms with Gasteiger partial charge in [-0.2, -0.15) is 0 Å². The van der Waals surface area contributed by atoms with Crippen molar-refractivity contribution in [2.75, 3.05) is 0 Å². The molecular weight excluding hydrogens is 187 g/mol. The summed E-state index contributed by atoms with van der Waals surface area (Å²) in [6, 6.07) is 14.7. The second-order valence-corrected chi connectivity index (χ2v) is 3.62. The van der Waals surface area contributed by atoms with Crippen LogP contribution in [0.3, 0.4) is 0 Å². The van der Waals surface area contributed by atoms with Crippen molar-refractivity contribution in [3.63, 3.8) is 0 Å². The van der Waals surface area contributed by atoms with Gasteiger partial charge in [-0.1, -0.05) is 36.4 Å². The first kappa shape index (κ1) is 9.91. The van der Waals surface area contributed by atoms with Gasteiger partial charge in [-0.25, -0.2) is 4.39 Å². The maximum absolute atomic E-state index is 12.7. The van der Waals surface area contributed by atoms with Crippen LogP contribution in [0, 0.1) is 12.7 Å². The van der Waals surface area contributed by atoms with Gasteiger partial charge in [-0.05, 0) is 42.2 Å². The van der Waals surface area contributed by atoms with E-state index in [-0.39, 0.29) is 5.82 Å². The second-order valence-electron chi connectivity index (χ2n) is 3.62. The van der Waals surface area contributed by atoms with Gasteiger partial charge >= 0.3 is 0 Å². The fourth-order valence-corrected chi connectivity index (χ4v) is 1.58. The maximum Gasteiger partial charge on any atom is 0.123 e. The second kappa shape index (κ2) is 4.26. The molecule has 1 heteroatoms. The van der Waals surface area contributed by atoms with E-state index >= 15 is 0 Å². The number of hydrogen-bond donors (Lipinski definition) is 0. The van der Waals surface area contributed by atoms with Crippen LogP contribution in [0.1, 0.15) is 16.7 Å². The van der Waals surface area contributed by atoms with Crippen LogP contribution in [0.5, 0.6) is 0 Å². The van der Waals surface area contributed by atoms with Gasteiger partial charge in [0.2, 0.25) is 0 Å². The molecule has 15 heavy (non-hydrogen) atoms. The average Bonchev–Trinajstić information content (AvgIpc) is 2.22. The summed E-state index contributed by atoms with van der Waals surface area (Å²) in [6.45, 7) is 3.88. The van der Waals surface area contributed by atoms with Crippen LogP contribution in [0.4, 0.5) is 4.39 Å². The highest BCUT2D eigenvalue weighted by Crippen LogP contribution is 2.11. The predicted octanol–water partition coefficient (Wildman–Crippen LogP) is 3.60. The summed E-state index contributed by atoms with van der Waals surface area (Å²) in [7, 11) is 0. The van der Waals surface area contributed by atoms with Crippen molar-refractivity contribution in [1.29, 1.82) is 0 Å². The standard InChI is InChI=1S/C14H12F/c1-11-3-2-4-13(9-11)10-12-5-7-14(15)8-6-12/h2-9H,1,10H2. The van der Waals surface area contributed by atoms with E-state index in [0.29, 0.717) is 0 Å². The molecule has 0 nitrogen and oxygen atoms in total. The molecule has 0 spiro atoms. The van der Waals surface area contributed by atoms with Gasteiger partial charge in [0.05, 0.1) is 0 Å². The molecule has 0 saturated heterocycles. The Morgan fingerprint density at radius 1 is 0.933 bits per heavy atom. The number of hydrogen-bond acceptors (Lipinski definition) is 0. The van der Waals surface area contributed by atoms with Gasteiger partial charge in [0.15, 0.2) is 0 Å². The Kier molecular flexibility index (Phi) is 2.82. The van der Waals surface area contributed by atoms with Gasteiger partial charge in [0, 0.05) is 0 Å². The van der Waals surface area contributed by atoms with Crippen LogP contribution < -0.4 is 0 Å². The van der Waals surface area contributed by atoms with E-state index in [1.807, 2.05) is 30.3 Å². The van der Waals surface area contributed by atoms with Crippen LogP contribution in [-0.4, -0.2) is 0 Å². The molecule has 0 heterocycles. The lowest BCUT2D eigenvalue weighted by atomic mass is 10.0. The predicted molar refractivity (Wildman–Crippen MR) is 60.1 cm³/mol. The van der Waals surface area contributed by atoms with Gasteiger partial charge in [0.25, 0.3) is 0 Å². The molecule has 0 saturated carbocycles. The lowest BCUT2D eigenvalue weighted by Crippen LogP contribution is -1.88. The highest BCUT2D eigenvalue weighted by molar-refractivity contribution is 5.30. The van der Waals surface area contributed by atoms with E-state index in [1.165, 1.54) is 17.7 Å². The van der Waals surface area contributed by atoms with Gasteiger partial charge in [-0.3, -0.25) is 0 Å². The van der Waals surface area contributed by atoms with E-state index < -0.39 is 0 Å². The first-order valence-electron chi connectivity index (χ1n) is 4.89. The summed E-state index contributed by atoms with van der Waals surface area (Å²) in [5.74, 6) is -0.190. The Morgan fingerprint density at radius 2 is 1.67 bits per heavy atom. The molecule has 0 unspecified atom stereocenters. The van der Waals surface area contributed by atoms with Crippen molar-refractivity contribution in [3.05, 3.63) is 78.0 Å². The van der Waals surface area contributed by atoms with E-state index in [9.17, 15) is 4.39 Å². The third kappa shape index (κ3) is 2.66. The van der Waals surface area contributed by atoms with E-state index in [1.54, 1.807) is 0 Å². The number of benzene rings is 2. The highest BCUT2D eigenvalue weighted by atomic mass is 19.1. The molecule has 0 bridgehead atoms. The van der Waals surface area contributed by atoms with Crippen LogP contribution in [-0.2, 0) is 6.42 Å². The normalized spacial score (nSPS) is 10.3. The SMILES string of the molecule is [CH2]c1cccc(Cc2ccc(F)cc2)c1. The zero-order valence-electron chi connectivity index (χ0n) is 8.41. The van der Waals surface area contributed by atoms with Crippen LogP contribution >= 0.6 is 0 Å². The summed E-state index contributed by atoms with van der Waals surface area (Å²) in [5, 5.41) is 0. The molecule has 2 aromatic rings. The van der Waals surface area contributed by atoms with Crippen molar-refractivity contribution in [2.45, 2.75) is 6.42 Å². The topological polar surface area (TPSA) is 0 Å². The van der Waals surface area contributed by atoms with Crippen molar-refractivity contribution in [1.82, 2.24) is 0 Å². The van der Waals surface area contributed by atoms with Crippen molar-refractivity contribution < 1.29 is 4.39 Å². The Morgan fingerprint density at radius 3 is 2.33 bits per heavy atom. The number of rotatable bonds is 2. The first-order chi connectivity index (χ1) is 7.24. The van der Waals surface area contributed by atoms with Crippen LogP contribution in [0.25, 0.3) is 0 Å².